The molecule has 0 saturated heterocycles. The Bertz CT molecular complexity index is 2790. The van der Waals surface area contributed by atoms with Crippen LogP contribution < -0.4 is 74.6 Å². The van der Waals surface area contributed by atoms with Gasteiger partial charge in [0, 0.05) is 31.0 Å². The van der Waals surface area contributed by atoms with Crippen molar-refractivity contribution in [1.29, 1.82) is 0 Å². The summed E-state index contributed by atoms with van der Waals surface area (Å²) in [6, 6.07) is 14.8. The Morgan fingerprint density at radius 2 is 0.765 bits per heavy atom. The number of amides is 5. The second-order valence-electron chi connectivity index (χ2n) is 19.6. The number of Topliss-reactive ketones (excluding diaryl/α,β-unsaturated/α-hetero) is 3. The van der Waals surface area contributed by atoms with Crippen molar-refractivity contribution in [2.75, 3.05) is 59.9 Å². The molecule has 4 atom stereocenters. The van der Waals surface area contributed by atoms with Gasteiger partial charge in [-0.05, 0) is 162 Å². The lowest BCUT2D eigenvalue weighted by atomic mass is 9.95. The number of rotatable bonds is 38. The van der Waals surface area contributed by atoms with Gasteiger partial charge in [-0.25, -0.2) is 0 Å². The van der Waals surface area contributed by atoms with Gasteiger partial charge in [0.15, 0.2) is 17.3 Å². The molecule has 22 nitrogen and oxygen atoms in total. The minimum atomic E-state index is -1.02. The van der Waals surface area contributed by atoms with Crippen LogP contribution in [0.1, 0.15) is 135 Å². The second-order valence-corrected chi connectivity index (χ2v) is 19.6. The summed E-state index contributed by atoms with van der Waals surface area (Å²) in [5.41, 5.74) is 36.6. The summed E-state index contributed by atoms with van der Waals surface area (Å²) in [5.74, 6) is -3.30. The van der Waals surface area contributed by atoms with Gasteiger partial charge in [0.1, 0.15) is 23.0 Å². The number of nitrogens with one attached hydrogen (secondary N) is 4. The highest BCUT2D eigenvalue weighted by Crippen LogP contribution is 2.27. The van der Waals surface area contributed by atoms with E-state index in [0.29, 0.717) is 99.9 Å². The molecule has 81 heavy (non-hydrogen) atoms. The van der Waals surface area contributed by atoms with Gasteiger partial charge in [0.25, 0.3) is 23.6 Å². The zero-order chi connectivity index (χ0) is 59.4. The normalized spacial score (nSPS) is 12.5. The molecule has 0 unspecified atom stereocenters. The van der Waals surface area contributed by atoms with Crippen LogP contribution in [0.4, 0.5) is 5.69 Å². The van der Waals surface area contributed by atoms with Crippen LogP contribution in [-0.2, 0) is 38.4 Å². The van der Waals surface area contributed by atoms with E-state index < -0.39 is 53.7 Å². The van der Waals surface area contributed by atoms with Crippen LogP contribution in [0, 0.1) is 0 Å². The van der Waals surface area contributed by atoms with E-state index in [4.69, 9.17) is 53.3 Å². The zero-order valence-electron chi connectivity index (χ0n) is 47.0. The zero-order valence-corrected chi connectivity index (χ0v) is 47.0. The number of nitrogens with two attached hydrogens (primary N) is 6. The summed E-state index contributed by atoms with van der Waals surface area (Å²) in [7, 11) is 5.55. The van der Waals surface area contributed by atoms with E-state index in [1.807, 2.05) is 0 Å². The Labute approximate surface area is 473 Å². The Hall–Kier alpha value is -7.76. The first-order valence-corrected chi connectivity index (χ1v) is 27.3. The molecule has 0 aliphatic heterocycles. The number of benzene rings is 4. The van der Waals surface area contributed by atoms with Crippen LogP contribution in [0.15, 0.2) is 72.8 Å². The molecule has 4 rings (SSSR count). The average Bonchev–Trinajstić information content (AvgIpc) is 3.53. The number of ketones is 3. The maximum atomic E-state index is 14.3. The lowest BCUT2D eigenvalue weighted by molar-refractivity contribution is -0.121. The van der Waals surface area contributed by atoms with Crippen molar-refractivity contribution in [3.05, 3.63) is 112 Å². The summed E-state index contributed by atoms with van der Waals surface area (Å²) in [4.78, 5) is 109. The molecule has 0 aliphatic carbocycles. The van der Waals surface area contributed by atoms with Gasteiger partial charge >= 0.3 is 0 Å². The highest BCUT2D eigenvalue weighted by molar-refractivity contribution is 6.04. The molecule has 0 aromatic heterocycles. The lowest BCUT2D eigenvalue weighted by Crippen LogP contribution is -2.42. The van der Waals surface area contributed by atoms with E-state index in [-0.39, 0.29) is 101 Å². The van der Waals surface area contributed by atoms with Crippen molar-refractivity contribution in [2.45, 2.75) is 120 Å². The predicted molar refractivity (Wildman–Crippen MR) is 309 cm³/mol. The maximum Gasteiger partial charge on any atom is 0.255 e. The standard InChI is InChI=1S/C59H82N10O12/c1-78-51-22-17-36(29-41(51)55(65)73)32-48(70)46(15-7-11-27-62)68-57(75)43-31-38(19-24-53(43)80-3)34-50(72)47(16-8-12-28-63)69-58(76)42-30-37(18-23-52(42)79-2)33-49(71)45(14-6-10-26-61)67-56(74)40-21-20-39(35-54(40)81-4)66-59(77)44(64)13-5-9-25-60/h17-24,29-31,35,44-47H,5-16,25-28,32-34,60-64H2,1-4H3,(H2,65,73)(H,66,77)(H,67,74)(H,68,75)(H,69,76)/t44-,45-,46-,47-/m0/s1. The largest absolute Gasteiger partial charge is 0.496 e. The third-order valence-corrected chi connectivity index (χ3v) is 13.6. The smallest absolute Gasteiger partial charge is 0.255 e. The van der Waals surface area contributed by atoms with E-state index in [1.165, 1.54) is 64.8 Å². The van der Waals surface area contributed by atoms with E-state index in [2.05, 4.69) is 21.3 Å². The predicted octanol–water partition coefficient (Wildman–Crippen LogP) is 3.33. The highest BCUT2D eigenvalue weighted by Gasteiger charge is 2.29. The van der Waals surface area contributed by atoms with Crippen molar-refractivity contribution >= 4 is 52.6 Å². The van der Waals surface area contributed by atoms with E-state index in [1.54, 1.807) is 36.4 Å². The van der Waals surface area contributed by atoms with Crippen molar-refractivity contribution < 1.29 is 57.3 Å². The summed E-state index contributed by atoms with van der Waals surface area (Å²) in [6.45, 7) is 1.59. The molecule has 4 aromatic rings. The Morgan fingerprint density at radius 1 is 0.420 bits per heavy atom. The SMILES string of the molecule is COc1ccc(CC(=O)[C@H](CCCCN)NC(=O)c2cc(CC(=O)[C@H](CCCCN)NC(=O)c3cc(CC(=O)[C@H](CCCCN)NC(=O)c4ccc(NC(=O)[C@@H](N)CCCCN)cc4OC)ccc3OC)ccc2OC)cc1C(N)=O. The number of carbonyl (C=O) groups is 8. The van der Waals surface area contributed by atoms with Crippen LogP contribution in [0.25, 0.3) is 0 Å². The molecule has 0 saturated carbocycles. The van der Waals surface area contributed by atoms with Gasteiger partial charge < -0.3 is 74.6 Å². The van der Waals surface area contributed by atoms with Crippen LogP contribution >= 0.6 is 0 Å². The summed E-state index contributed by atoms with van der Waals surface area (Å²) >= 11 is 0. The Morgan fingerprint density at radius 3 is 1.12 bits per heavy atom. The van der Waals surface area contributed by atoms with Crippen LogP contribution in [0.2, 0.25) is 0 Å². The monoisotopic (exact) mass is 1120 g/mol. The minimum absolute atomic E-state index is 0.0517. The van der Waals surface area contributed by atoms with Crippen LogP contribution in [-0.4, -0.2) is 126 Å². The number of anilines is 1. The average molecular weight is 1120 g/mol. The van der Waals surface area contributed by atoms with E-state index >= 15 is 0 Å². The van der Waals surface area contributed by atoms with Crippen LogP contribution in [0.3, 0.4) is 0 Å². The fourth-order valence-electron chi connectivity index (χ4n) is 9.07. The molecule has 0 fully saturated rings. The van der Waals surface area contributed by atoms with E-state index in [9.17, 15) is 38.4 Å². The molecular formula is C59H82N10O12. The number of ether oxygens (including phenoxy) is 4. The first kappa shape index (κ1) is 65.8. The number of carbonyl (C=O) groups excluding carboxylic acids is 8. The Kier molecular flexibility index (Phi) is 27.9. The van der Waals surface area contributed by atoms with Gasteiger partial charge in [-0.2, -0.15) is 0 Å². The summed E-state index contributed by atoms with van der Waals surface area (Å²) in [6.07, 6.45) is 5.40. The first-order valence-electron chi connectivity index (χ1n) is 27.3. The van der Waals surface area contributed by atoms with Crippen molar-refractivity contribution in [1.82, 2.24) is 16.0 Å². The maximum absolute atomic E-state index is 14.3. The number of hydrogen-bond acceptors (Lipinski definition) is 17. The molecular weight excluding hydrogens is 1040 g/mol. The molecule has 0 spiro atoms. The van der Waals surface area contributed by atoms with Crippen LogP contribution in [0.5, 0.6) is 23.0 Å². The number of unbranched alkanes of at least 4 members (excludes halogenated alkanes) is 4. The lowest BCUT2D eigenvalue weighted by Gasteiger charge is -2.21. The molecule has 0 heterocycles. The molecule has 0 aliphatic rings. The molecule has 16 N–H and O–H groups in total. The number of hydrogen-bond donors (Lipinski definition) is 10. The minimum Gasteiger partial charge on any atom is -0.496 e. The fourth-order valence-corrected chi connectivity index (χ4v) is 9.07. The van der Waals surface area contributed by atoms with Crippen molar-refractivity contribution in [2.24, 2.45) is 34.4 Å². The Balaban J connectivity index is 1.54. The molecule has 5 amide bonds. The van der Waals surface area contributed by atoms with E-state index in [0.717, 1.165) is 6.42 Å². The van der Waals surface area contributed by atoms with Crippen molar-refractivity contribution in [3.63, 3.8) is 0 Å². The summed E-state index contributed by atoms with van der Waals surface area (Å²) in [5, 5.41) is 11.3. The third kappa shape index (κ3) is 20.4. The molecule has 440 valence electrons. The fraction of sp³-hybridized carbons (Fsp3) is 0.458. The topological polar surface area (TPSA) is 378 Å². The number of primary amides is 1. The van der Waals surface area contributed by atoms with Crippen molar-refractivity contribution in [3.8, 4) is 23.0 Å². The highest BCUT2D eigenvalue weighted by atomic mass is 16.5. The first-order chi connectivity index (χ1) is 38.9. The number of methoxy groups -OCH3 is 4. The van der Waals surface area contributed by atoms with Gasteiger partial charge in [0.05, 0.1) is 74.9 Å². The van der Waals surface area contributed by atoms with Gasteiger partial charge in [-0.3, -0.25) is 38.4 Å². The second kappa shape index (κ2) is 34.4. The molecule has 0 radical (unpaired) electrons. The molecule has 22 heteroatoms. The van der Waals surface area contributed by atoms with Gasteiger partial charge in [0.2, 0.25) is 5.91 Å². The quantitative estimate of drug-likeness (QED) is 0.0288. The third-order valence-electron chi connectivity index (χ3n) is 13.6. The van der Waals surface area contributed by atoms with Gasteiger partial charge in [-0.15, -0.1) is 0 Å². The molecule has 4 aromatic carbocycles. The molecule has 0 bridgehead atoms. The van der Waals surface area contributed by atoms with Gasteiger partial charge in [-0.1, -0.05) is 24.6 Å². The summed E-state index contributed by atoms with van der Waals surface area (Å²) < 4.78 is 21.9.